The number of rotatable bonds is 3. The first kappa shape index (κ1) is 11.7. The van der Waals surface area contributed by atoms with Crippen LogP contribution in [0.25, 0.3) is 0 Å². The molecule has 0 atom stereocenters. The van der Waals surface area contributed by atoms with Crippen LogP contribution in [-0.2, 0) is 0 Å². The Bertz CT molecular complexity index is 580. The summed E-state index contributed by atoms with van der Waals surface area (Å²) >= 11 is 3.27. The minimum Gasteiger partial charge on any atom is -0.493 e. The third-order valence-electron chi connectivity index (χ3n) is 2.15. The van der Waals surface area contributed by atoms with Crippen molar-refractivity contribution in [3.8, 4) is 17.2 Å². The normalized spacial score (nSPS) is 10.0. The fraction of sp³-hybridized carbons (Fsp3) is 0.0833. The molecule has 17 heavy (non-hydrogen) atoms. The summed E-state index contributed by atoms with van der Waals surface area (Å²) in [6, 6.07) is 8.84. The summed E-state index contributed by atoms with van der Waals surface area (Å²) in [5.41, 5.74) is -0.301. The molecule has 0 aliphatic rings. The van der Waals surface area contributed by atoms with E-state index in [0.29, 0.717) is 16.0 Å². The second-order valence-corrected chi connectivity index (χ2v) is 4.09. The molecule has 0 saturated heterocycles. The van der Waals surface area contributed by atoms with Crippen molar-refractivity contribution < 1.29 is 9.47 Å². The molecule has 88 valence electrons. The Morgan fingerprint density at radius 1 is 1.18 bits per heavy atom. The highest BCUT2D eigenvalue weighted by Crippen LogP contribution is 2.32. The maximum absolute atomic E-state index is 11.6. The number of benzene rings is 1. The Labute approximate surface area is 106 Å². The van der Waals surface area contributed by atoms with Crippen LogP contribution in [-0.4, -0.2) is 12.1 Å². The highest BCUT2D eigenvalue weighted by Gasteiger charge is 2.10. The second-order valence-electron chi connectivity index (χ2n) is 3.24. The number of pyridine rings is 1. The van der Waals surface area contributed by atoms with Gasteiger partial charge >= 0.3 is 0 Å². The van der Waals surface area contributed by atoms with Gasteiger partial charge in [-0.15, -0.1) is 0 Å². The Kier molecular flexibility index (Phi) is 3.49. The van der Waals surface area contributed by atoms with Crippen LogP contribution < -0.4 is 15.0 Å². The van der Waals surface area contributed by atoms with Crippen molar-refractivity contribution in [1.82, 2.24) is 4.98 Å². The van der Waals surface area contributed by atoms with Crippen molar-refractivity contribution in [2.75, 3.05) is 7.11 Å². The van der Waals surface area contributed by atoms with Gasteiger partial charge in [0.2, 0.25) is 5.75 Å². The maximum Gasteiger partial charge on any atom is 0.292 e. The summed E-state index contributed by atoms with van der Waals surface area (Å²) in [6.07, 6.45) is 1.54. The molecular formula is C12H10BrNO3. The van der Waals surface area contributed by atoms with Gasteiger partial charge in [-0.3, -0.25) is 4.79 Å². The van der Waals surface area contributed by atoms with E-state index in [1.54, 1.807) is 31.5 Å². The zero-order valence-electron chi connectivity index (χ0n) is 9.07. The number of hydrogen-bond acceptors (Lipinski definition) is 3. The van der Waals surface area contributed by atoms with Gasteiger partial charge in [0.15, 0.2) is 11.5 Å². The smallest absolute Gasteiger partial charge is 0.292 e. The minimum atomic E-state index is -0.301. The number of methoxy groups -OCH3 is 1. The van der Waals surface area contributed by atoms with E-state index in [-0.39, 0.29) is 11.3 Å². The Balaban J connectivity index is 2.41. The van der Waals surface area contributed by atoms with Gasteiger partial charge in [0, 0.05) is 6.20 Å². The van der Waals surface area contributed by atoms with Gasteiger partial charge in [-0.2, -0.15) is 0 Å². The van der Waals surface area contributed by atoms with E-state index in [1.807, 2.05) is 12.1 Å². The van der Waals surface area contributed by atoms with Crippen LogP contribution in [0, 0.1) is 0 Å². The zero-order valence-corrected chi connectivity index (χ0v) is 10.7. The number of hydrogen-bond donors (Lipinski definition) is 1. The number of para-hydroxylation sites is 2. The molecule has 1 N–H and O–H groups in total. The topological polar surface area (TPSA) is 51.3 Å². The number of aromatic nitrogens is 1. The van der Waals surface area contributed by atoms with Gasteiger partial charge in [0.05, 0.1) is 11.6 Å². The van der Waals surface area contributed by atoms with Crippen molar-refractivity contribution in [3.05, 3.63) is 51.4 Å². The summed E-state index contributed by atoms with van der Waals surface area (Å²) in [7, 11) is 1.55. The van der Waals surface area contributed by atoms with Gasteiger partial charge in [0.1, 0.15) is 0 Å². The molecule has 5 heteroatoms. The molecule has 2 aromatic rings. The van der Waals surface area contributed by atoms with E-state index in [9.17, 15) is 4.79 Å². The second kappa shape index (κ2) is 5.05. The van der Waals surface area contributed by atoms with Crippen molar-refractivity contribution >= 4 is 15.9 Å². The molecule has 0 fully saturated rings. The van der Waals surface area contributed by atoms with Crippen LogP contribution in [0.2, 0.25) is 0 Å². The average Bonchev–Trinajstić information content (AvgIpc) is 2.34. The molecule has 2 rings (SSSR count). The van der Waals surface area contributed by atoms with E-state index in [2.05, 4.69) is 20.9 Å². The highest BCUT2D eigenvalue weighted by atomic mass is 79.9. The summed E-state index contributed by atoms with van der Waals surface area (Å²) in [5.74, 6) is 1.27. The van der Waals surface area contributed by atoms with Crippen molar-refractivity contribution in [2.24, 2.45) is 0 Å². The average molecular weight is 296 g/mol. The van der Waals surface area contributed by atoms with Crippen molar-refractivity contribution in [3.63, 3.8) is 0 Å². The maximum atomic E-state index is 11.6. The first-order valence-electron chi connectivity index (χ1n) is 4.90. The van der Waals surface area contributed by atoms with Crippen molar-refractivity contribution in [2.45, 2.75) is 0 Å². The lowest BCUT2D eigenvalue weighted by atomic mass is 10.3. The van der Waals surface area contributed by atoms with E-state index in [1.165, 1.54) is 0 Å². The van der Waals surface area contributed by atoms with E-state index < -0.39 is 0 Å². The number of nitrogens with one attached hydrogen (secondary N) is 1. The monoisotopic (exact) mass is 295 g/mol. The van der Waals surface area contributed by atoms with Gasteiger partial charge in [-0.25, -0.2) is 0 Å². The quantitative estimate of drug-likeness (QED) is 0.947. The number of ether oxygens (including phenoxy) is 2. The zero-order chi connectivity index (χ0) is 12.3. The van der Waals surface area contributed by atoms with E-state index in [4.69, 9.17) is 9.47 Å². The van der Waals surface area contributed by atoms with Crippen LogP contribution in [0.4, 0.5) is 0 Å². The Morgan fingerprint density at radius 2 is 1.88 bits per heavy atom. The first-order chi connectivity index (χ1) is 8.22. The van der Waals surface area contributed by atoms with Gasteiger partial charge in [-0.1, -0.05) is 12.1 Å². The summed E-state index contributed by atoms with van der Waals surface area (Å²) in [4.78, 5) is 14.1. The lowest BCUT2D eigenvalue weighted by Gasteiger charge is -2.09. The summed E-state index contributed by atoms with van der Waals surface area (Å²) in [6.45, 7) is 0. The molecule has 0 spiro atoms. The SMILES string of the molecule is COc1ccccc1Oc1c(Br)cc[nH]c1=O. The third-order valence-corrected chi connectivity index (χ3v) is 2.77. The fourth-order valence-corrected chi connectivity index (χ4v) is 1.74. The Hall–Kier alpha value is -1.75. The number of halogens is 1. The minimum absolute atomic E-state index is 0.206. The van der Waals surface area contributed by atoms with Gasteiger partial charge in [-0.05, 0) is 34.1 Å². The third kappa shape index (κ3) is 2.50. The predicted molar refractivity (Wildman–Crippen MR) is 67.8 cm³/mol. The van der Waals surface area contributed by atoms with E-state index in [0.717, 1.165) is 0 Å². The number of H-pyrrole nitrogens is 1. The van der Waals surface area contributed by atoms with Crippen LogP contribution >= 0.6 is 15.9 Å². The molecule has 0 bridgehead atoms. The summed E-state index contributed by atoms with van der Waals surface area (Å²) in [5, 5.41) is 0. The van der Waals surface area contributed by atoms with Crippen LogP contribution in [0.3, 0.4) is 0 Å². The largest absolute Gasteiger partial charge is 0.493 e. The fourth-order valence-electron chi connectivity index (χ4n) is 1.35. The molecule has 0 unspecified atom stereocenters. The van der Waals surface area contributed by atoms with Crippen LogP contribution in [0.1, 0.15) is 0 Å². The lowest BCUT2D eigenvalue weighted by Crippen LogP contribution is -2.08. The molecule has 0 aliphatic heterocycles. The van der Waals surface area contributed by atoms with Gasteiger partial charge in [0.25, 0.3) is 5.56 Å². The highest BCUT2D eigenvalue weighted by molar-refractivity contribution is 9.10. The van der Waals surface area contributed by atoms with Crippen LogP contribution in [0.15, 0.2) is 45.8 Å². The number of aromatic amines is 1. The van der Waals surface area contributed by atoms with Crippen molar-refractivity contribution in [1.29, 1.82) is 0 Å². The molecule has 0 aliphatic carbocycles. The molecule has 1 heterocycles. The summed E-state index contributed by atoms with van der Waals surface area (Å²) < 4.78 is 11.3. The van der Waals surface area contributed by atoms with Gasteiger partial charge < -0.3 is 14.5 Å². The molecule has 1 aromatic carbocycles. The molecule has 0 amide bonds. The van der Waals surface area contributed by atoms with E-state index >= 15 is 0 Å². The molecule has 1 aromatic heterocycles. The molecule has 0 saturated carbocycles. The molecular weight excluding hydrogens is 286 g/mol. The van der Waals surface area contributed by atoms with Crippen LogP contribution in [0.5, 0.6) is 17.2 Å². The molecule has 4 nitrogen and oxygen atoms in total. The lowest BCUT2D eigenvalue weighted by molar-refractivity contribution is 0.376. The molecule has 0 radical (unpaired) electrons. The standard InChI is InChI=1S/C12H10BrNO3/c1-16-9-4-2-3-5-10(9)17-11-8(13)6-7-14-12(11)15/h2-7H,1H3,(H,14,15). The first-order valence-corrected chi connectivity index (χ1v) is 5.69. The Morgan fingerprint density at radius 3 is 2.53 bits per heavy atom. The predicted octanol–water partition coefficient (Wildman–Crippen LogP) is 2.94.